The van der Waals surface area contributed by atoms with Gasteiger partial charge in [-0.25, -0.2) is 4.57 Å². The van der Waals surface area contributed by atoms with Gasteiger partial charge in [0.1, 0.15) is 7.05 Å². The van der Waals surface area contributed by atoms with E-state index in [2.05, 4.69) is 5.32 Å². The van der Waals surface area contributed by atoms with Crippen LogP contribution in [-0.2, 0) is 13.6 Å². The van der Waals surface area contributed by atoms with Crippen LogP contribution in [0.25, 0.3) is 0 Å². The zero-order valence-corrected chi connectivity index (χ0v) is 11.1. The molecule has 0 fully saturated rings. The van der Waals surface area contributed by atoms with Crippen LogP contribution in [0.15, 0.2) is 42.7 Å². The second-order valence-corrected chi connectivity index (χ2v) is 4.62. The Labute approximate surface area is 116 Å². The van der Waals surface area contributed by atoms with E-state index in [1.54, 1.807) is 12.1 Å². The fourth-order valence-corrected chi connectivity index (χ4v) is 1.99. The minimum atomic E-state index is -0.0942. The Bertz CT molecular complexity index is 638. The largest absolute Gasteiger partial charge is 0.454 e. The average molecular weight is 271 g/mol. The van der Waals surface area contributed by atoms with Gasteiger partial charge in [0.2, 0.25) is 6.79 Å². The first-order chi connectivity index (χ1) is 9.72. The molecule has 5 heteroatoms. The average Bonchev–Trinajstić information content (AvgIpc) is 2.93. The van der Waals surface area contributed by atoms with Crippen molar-refractivity contribution in [2.24, 2.45) is 7.05 Å². The van der Waals surface area contributed by atoms with Gasteiger partial charge < -0.3 is 14.8 Å². The van der Waals surface area contributed by atoms with Gasteiger partial charge in [0, 0.05) is 18.7 Å². The first-order valence-corrected chi connectivity index (χ1v) is 6.34. The summed E-state index contributed by atoms with van der Waals surface area (Å²) >= 11 is 0. The first kappa shape index (κ1) is 12.5. The van der Waals surface area contributed by atoms with Crippen molar-refractivity contribution < 1.29 is 18.8 Å². The van der Waals surface area contributed by atoms with E-state index in [1.165, 1.54) is 0 Å². The van der Waals surface area contributed by atoms with Crippen LogP contribution in [0.2, 0.25) is 0 Å². The van der Waals surface area contributed by atoms with E-state index in [4.69, 9.17) is 9.47 Å². The van der Waals surface area contributed by atoms with Crippen molar-refractivity contribution in [2.45, 2.75) is 6.54 Å². The lowest BCUT2D eigenvalue weighted by atomic mass is 10.2. The molecule has 20 heavy (non-hydrogen) atoms. The highest BCUT2D eigenvalue weighted by Gasteiger charge is 2.13. The number of rotatable bonds is 3. The minimum absolute atomic E-state index is 0.0942. The predicted molar refractivity (Wildman–Crippen MR) is 71.4 cm³/mol. The van der Waals surface area contributed by atoms with Gasteiger partial charge in [-0.05, 0) is 17.7 Å². The topological polar surface area (TPSA) is 51.4 Å². The van der Waals surface area contributed by atoms with Gasteiger partial charge >= 0.3 is 0 Å². The Morgan fingerprint density at radius 2 is 1.95 bits per heavy atom. The van der Waals surface area contributed by atoms with Crippen LogP contribution in [0.3, 0.4) is 0 Å². The normalized spacial score (nSPS) is 12.2. The van der Waals surface area contributed by atoms with Crippen LogP contribution in [0.5, 0.6) is 11.5 Å². The zero-order chi connectivity index (χ0) is 13.9. The summed E-state index contributed by atoms with van der Waals surface area (Å²) in [7, 11) is 1.91. The fraction of sp³-hybridized carbons (Fsp3) is 0.200. The molecule has 0 saturated heterocycles. The summed E-state index contributed by atoms with van der Waals surface area (Å²) in [6, 6.07) is 9.22. The van der Waals surface area contributed by atoms with Crippen LogP contribution in [0.1, 0.15) is 15.9 Å². The Hall–Kier alpha value is -2.56. The number of pyridine rings is 1. The van der Waals surface area contributed by atoms with Crippen LogP contribution in [-0.4, -0.2) is 12.7 Å². The molecule has 1 aliphatic rings. The summed E-state index contributed by atoms with van der Waals surface area (Å²) in [5.41, 5.74) is 1.62. The Morgan fingerprint density at radius 1 is 1.20 bits per heavy atom. The van der Waals surface area contributed by atoms with Crippen LogP contribution in [0, 0.1) is 0 Å². The van der Waals surface area contributed by atoms with Crippen LogP contribution < -0.4 is 19.4 Å². The van der Waals surface area contributed by atoms with E-state index in [0.29, 0.717) is 12.1 Å². The molecule has 3 rings (SSSR count). The summed E-state index contributed by atoms with van der Waals surface area (Å²) in [5.74, 6) is 1.38. The Morgan fingerprint density at radius 3 is 2.75 bits per heavy atom. The lowest BCUT2D eigenvalue weighted by Gasteiger charge is -2.05. The van der Waals surface area contributed by atoms with E-state index < -0.39 is 0 Å². The highest BCUT2D eigenvalue weighted by Crippen LogP contribution is 2.32. The molecule has 1 N–H and O–H groups in total. The smallest absolute Gasteiger partial charge is 0.252 e. The summed E-state index contributed by atoms with van der Waals surface area (Å²) < 4.78 is 12.4. The van der Waals surface area contributed by atoms with Crippen molar-refractivity contribution in [3.63, 3.8) is 0 Å². The van der Waals surface area contributed by atoms with Gasteiger partial charge in [0.15, 0.2) is 23.9 Å². The molecular formula is C15H15N2O3+. The SMILES string of the molecule is C[n+]1ccc(C(=O)NCc2ccc3c(c2)OCO3)cc1. The Balaban J connectivity index is 1.64. The highest BCUT2D eigenvalue weighted by molar-refractivity contribution is 5.93. The van der Waals surface area contributed by atoms with Crippen LogP contribution >= 0.6 is 0 Å². The number of ether oxygens (including phenoxy) is 2. The number of fused-ring (bicyclic) bond motifs is 1. The number of carbonyl (C=O) groups excluding carboxylic acids is 1. The maximum atomic E-state index is 12.0. The van der Waals surface area contributed by atoms with Crippen molar-refractivity contribution in [1.29, 1.82) is 0 Å². The minimum Gasteiger partial charge on any atom is -0.454 e. The number of nitrogens with zero attached hydrogens (tertiary/aromatic N) is 1. The number of aryl methyl sites for hydroxylation is 1. The number of nitrogens with one attached hydrogen (secondary N) is 1. The maximum Gasteiger partial charge on any atom is 0.252 e. The van der Waals surface area contributed by atoms with Crippen molar-refractivity contribution in [3.8, 4) is 11.5 Å². The summed E-state index contributed by atoms with van der Waals surface area (Å²) in [6.07, 6.45) is 3.69. The molecule has 1 amide bonds. The third-order valence-electron chi connectivity index (χ3n) is 3.13. The van der Waals surface area contributed by atoms with Crippen molar-refractivity contribution in [3.05, 3.63) is 53.9 Å². The standard InChI is InChI=1S/C15H14N2O3/c1-17-6-4-12(5-7-17)15(18)16-9-11-2-3-13-14(8-11)20-10-19-13/h2-8H,9-10H2,1H3/p+1. The molecule has 0 unspecified atom stereocenters. The highest BCUT2D eigenvalue weighted by atomic mass is 16.7. The fourth-order valence-electron chi connectivity index (χ4n) is 1.99. The van der Waals surface area contributed by atoms with Gasteiger partial charge in [-0.1, -0.05) is 6.07 Å². The van der Waals surface area contributed by atoms with E-state index in [0.717, 1.165) is 17.1 Å². The molecule has 102 valence electrons. The zero-order valence-electron chi connectivity index (χ0n) is 11.1. The van der Waals surface area contributed by atoms with E-state index in [9.17, 15) is 4.79 Å². The third-order valence-corrected chi connectivity index (χ3v) is 3.13. The van der Waals surface area contributed by atoms with E-state index >= 15 is 0 Å². The molecule has 5 nitrogen and oxygen atoms in total. The molecule has 0 bridgehead atoms. The molecule has 0 saturated carbocycles. The molecule has 0 spiro atoms. The monoisotopic (exact) mass is 271 g/mol. The van der Waals surface area contributed by atoms with Gasteiger partial charge in [0.25, 0.3) is 5.91 Å². The number of amides is 1. The summed E-state index contributed by atoms with van der Waals surface area (Å²) in [5, 5.41) is 2.88. The lowest BCUT2D eigenvalue weighted by molar-refractivity contribution is -0.671. The molecule has 2 aromatic rings. The number of hydrogen-bond donors (Lipinski definition) is 1. The third kappa shape index (κ3) is 2.56. The predicted octanol–water partition coefficient (Wildman–Crippen LogP) is 1.17. The Kier molecular flexibility index (Phi) is 3.25. The van der Waals surface area contributed by atoms with Gasteiger partial charge in [-0.15, -0.1) is 0 Å². The number of hydrogen-bond acceptors (Lipinski definition) is 3. The molecule has 2 heterocycles. The van der Waals surface area contributed by atoms with E-state index in [-0.39, 0.29) is 12.7 Å². The maximum absolute atomic E-state index is 12.0. The van der Waals surface area contributed by atoms with Gasteiger partial charge in [-0.2, -0.15) is 0 Å². The first-order valence-electron chi connectivity index (χ1n) is 6.34. The van der Waals surface area contributed by atoms with Crippen molar-refractivity contribution in [2.75, 3.05) is 6.79 Å². The number of benzene rings is 1. The second-order valence-electron chi connectivity index (χ2n) is 4.62. The molecule has 0 atom stereocenters. The second kappa shape index (κ2) is 5.21. The lowest BCUT2D eigenvalue weighted by Crippen LogP contribution is -2.28. The van der Waals surface area contributed by atoms with E-state index in [1.807, 2.05) is 42.2 Å². The van der Waals surface area contributed by atoms with Crippen molar-refractivity contribution >= 4 is 5.91 Å². The molecule has 0 aliphatic carbocycles. The van der Waals surface area contributed by atoms with Crippen LogP contribution in [0.4, 0.5) is 0 Å². The number of carbonyl (C=O) groups is 1. The molecule has 1 aliphatic heterocycles. The summed E-state index contributed by atoms with van der Waals surface area (Å²) in [6.45, 7) is 0.711. The van der Waals surface area contributed by atoms with Crippen molar-refractivity contribution in [1.82, 2.24) is 5.32 Å². The molecule has 1 aromatic heterocycles. The quantitative estimate of drug-likeness (QED) is 0.853. The molecular weight excluding hydrogens is 256 g/mol. The van der Waals surface area contributed by atoms with Gasteiger partial charge in [-0.3, -0.25) is 4.79 Å². The molecule has 1 aromatic carbocycles. The van der Waals surface area contributed by atoms with Gasteiger partial charge in [0.05, 0.1) is 5.56 Å². The number of aromatic nitrogens is 1. The molecule has 0 radical (unpaired) electrons. The summed E-state index contributed by atoms with van der Waals surface area (Å²) in [4.78, 5) is 12.0.